The molecule has 0 bridgehead atoms. The van der Waals surface area contributed by atoms with E-state index in [1.54, 1.807) is 0 Å². The highest BCUT2D eigenvalue weighted by molar-refractivity contribution is 6.01. The summed E-state index contributed by atoms with van der Waals surface area (Å²) >= 11 is 0. The lowest BCUT2D eigenvalue weighted by atomic mass is 9.98. The zero-order chi connectivity index (χ0) is 14.9. The van der Waals surface area contributed by atoms with Crippen molar-refractivity contribution in [2.75, 3.05) is 0 Å². The smallest absolute Gasteiger partial charge is 0.152 e. The third-order valence-electron chi connectivity index (χ3n) is 3.93. The first kappa shape index (κ1) is 12.7. The molecule has 0 aliphatic rings. The van der Waals surface area contributed by atoms with Crippen LogP contribution in [0.15, 0.2) is 72.8 Å². The van der Waals surface area contributed by atoms with Gasteiger partial charge in [0.25, 0.3) is 0 Å². The van der Waals surface area contributed by atoms with Crippen molar-refractivity contribution in [3.8, 4) is 11.3 Å². The Kier molecular flexibility index (Phi) is 2.94. The molecular weight excluding hydrogens is 270 g/mol. The van der Waals surface area contributed by atoms with Crippen molar-refractivity contribution < 1.29 is 4.79 Å². The highest BCUT2D eigenvalue weighted by atomic mass is 16.1. The van der Waals surface area contributed by atoms with Gasteiger partial charge in [-0.2, -0.15) is 0 Å². The van der Waals surface area contributed by atoms with Crippen LogP contribution in [0.1, 0.15) is 10.4 Å². The van der Waals surface area contributed by atoms with Gasteiger partial charge in [0.15, 0.2) is 6.29 Å². The number of aldehydes is 1. The summed E-state index contributed by atoms with van der Waals surface area (Å²) in [5, 5.41) is 3.23. The predicted octanol–water partition coefficient (Wildman–Crippen LogP) is 4.87. The van der Waals surface area contributed by atoms with Crippen molar-refractivity contribution >= 4 is 28.0 Å². The average molecular weight is 283 g/mol. The summed E-state index contributed by atoms with van der Waals surface area (Å²) < 4.78 is 0. The normalized spacial score (nSPS) is 10.9. The summed E-state index contributed by atoms with van der Waals surface area (Å²) in [4.78, 5) is 16.3. The van der Waals surface area contributed by atoms with Crippen LogP contribution in [0.2, 0.25) is 0 Å². The molecule has 0 saturated heterocycles. The van der Waals surface area contributed by atoms with Crippen molar-refractivity contribution in [1.82, 2.24) is 4.98 Å². The molecule has 0 spiro atoms. The Morgan fingerprint density at radius 3 is 2.36 bits per heavy atom. The van der Waals surface area contributed by atoms with Crippen LogP contribution in [0, 0.1) is 0 Å². The minimum atomic E-state index is 0.620. The van der Waals surface area contributed by atoms with Gasteiger partial charge in [0.1, 0.15) is 0 Å². The number of hydrogen-bond donors (Lipinski definition) is 0. The van der Waals surface area contributed by atoms with Gasteiger partial charge in [-0.15, -0.1) is 0 Å². The first-order valence-electron chi connectivity index (χ1n) is 7.20. The van der Waals surface area contributed by atoms with Crippen molar-refractivity contribution in [3.63, 3.8) is 0 Å². The van der Waals surface area contributed by atoms with Crippen molar-refractivity contribution in [2.45, 2.75) is 0 Å². The van der Waals surface area contributed by atoms with E-state index in [-0.39, 0.29) is 0 Å². The highest BCUT2D eigenvalue weighted by Gasteiger charge is 2.11. The first-order chi connectivity index (χ1) is 10.9. The molecule has 0 aliphatic heterocycles. The Morgan fingerprint density at radius 1 is 0.773 bits per heavy atom. The molecule has 1 heterocycles. The van der Waals surface area contributed by atoms with Gasteiger partial charge in [-0.3, -0.25) is 4.79 Å². The number of para-hydroxylation sites is 1. The van der Waals surface area contributed by atoms with E-state index >= 15 is 0 Å². The Hall–Kier alpha value is -3.00. The molecule has 0 atom stereocenters. The standard InChI is InChI=1S/C20H13NO/c22-13-16-12-15-7-2-4-11-19(15)21-20(16)18-10-5-8-14-6-1-3-9-17(14)18/h1-13H. The topological polar surface area (TPSA) is 30.0 Å². The van der Waals surface area contributed by atoms with Gasteiger partial charge in [0.2, 0.25) is 0 Å². The third-order valence-corrected chi connectivity index (χ3v) is 3.93. The number of pyridine rings is 1. The molecule has 4 rings (SSSR count). The summed E-state index contributed by atoms with van der Waals surface area (Å²) in [5.74, 6) is 0. The van der Waals surface area contributed by atoms with Crippen LogP contribution in [-0.4, -0.2) is 11.3 Å². The maximum Gasteiger partial charge on any atom is 0.152 e. The summed E-state index contributed by atoms with van der Waals surface area (Å²) in [6.07, 6.45) is 0.885. The minimum Gasteiger partial charge on any atom is -0.298 e. The molecule has 0 N–H and O–H groups in total. The van der Waals surface area contributed by atoms with Gasteiger partial charge >= 0.3 is 0 Å². The molecule has 0 aliphatic carbocycles. The second-order valence-electron chi connectivity index (χ2n) is 5.26. The average Bonchev–Trinajstić information content (AvgIpc) is 2.60. The number of fused-ring (bicyclic) bond motifs is 2. The van der Waals surface area contributed by atoms with Gasteiger partial charge < -0.3 is 0 Å². The zero-order valence-electron chi connectivity index (χ0n) is 11.9. The highest BCUT2D eigenvalue weighted by Crippen LogP contribution is 2.30. The van der Waals surface area contributed by atoms with Crippen LogP contribution >= 0.6 is 0 Å². The Morgan fingerprint density at radius 2 is 1.50 bits per heavy atom. The summed E-state index contributed by atoms with van der Waals surface area (Å²) in [6.45, 7) is 0. The molecule has 22 heavy (non-hydrogen) atoms. The summed E-state index contributed by atoms with van der Waals surface area (Å²) in [6, 6.07) is 24.0. The fourth-order valence-corrected chi connectivity index (χ4v) is 2.87. The fraction of sp³-hybridized carbons (Fsp3) is 0. The second-order valence-corrected chi connectivity index (χ2v) is 5.26. The first-order valence-corrected chi connectivity index (χ1v) is 7.20. The molecule has 0 radical (unpaired) electrons. The number of benzene rings is 3. The van der Waals surface area contributed by atoms with E-state index in [0.717, 1.165) is 39.2 Å². The Bertz CT molecular complexity index is 999. The summed E-state index contributed by atoms with van der Waals surface area (Å²) in [5.41, 5.74) is 3.25. The molecule has 2 heteroatoms. The Labute approximate surface area is 128 Å². The third kappa shape index (κ3) is 1.97. The summed E-state index contributed by atoms with van der Waals surface area (Å²) in [7, 11) is 0. The van der Waals surface area contributed by atoms with Crippen LogP contribution in [0.4, 0.5) is 0 Å². The minimum absolute atomic E-state index is 0.620. The fourth-order valence-electron chi connectivity index (χ4n) is 2.87. The lowest BCUT2D eigenvalue weighted by Gasteiger charge is -2.10. The SMILES string of the molecule is O=Cc1cc2ccccc2nc1-c1cccc2ccccc12. The predicted molar refractivity (Wildman–Crippen MR) is 90.1 cm³/mol. The van der Waals surface area contributed by atoms with Crippen LogP contribution in [0.3, 0.4) is 0 Å². The van der Waals surface area contributed by atoms with Crippen LogP contribution in [-0.2, 0) is 0 Å². The maximum absolute atomic E-state index is 11.5. The molecular formula is C20H13NO. The van der Waals surface area contributed by atoms with Gasteiger partial charge in [-0.05, 0) is 22.9 Å². The zero-order valence-corrected chi connectivity index (χ0v) is 11.9. The van der Waals surface area contributed by atoms with Crippen LogP contribution < -0.4 is 0 Å². The van der Waals surface area contributed by atoms with E-state index < -0.39 is 0 Å². The number of aromatic nitrogens is 1. The van der Waals surface area contributed by atoms with Crippen molar-refractivity contribution in [1.29, 1.82) is 0 Å². The van der Waals surface area contributed by atoms with E-state index in [1.165, 1.54) is 0 Å². The molecule has 4 aromatic rings. The molecule has 0 amide bonds. The quantitative estimate of drug-likeness (QED) is 0.491. The maximum atomic E-state index is 11.5. The van der Waals surface area contributed by atoms with E-state index in [0.29, 0.717) is 5.56 Å². The van der Waals surface area contributed by atoms with Gasteiger partial charge in [-0.25, -0.2) is 4.98 Å². The van der Waals surface area contributed by atoms with E-state index in [2.05, 4.69) is 18.2 Å². The van der Waals surface area contributed by atoms with E-state index in [9.17, 15) is 4.79 Å². The monoisotopic (exact) mass is 283 g/mol. The second kappa shape index (κ2) is 5.08. The molecule has 1 aromatic heterocycles. The number of hydrogen-bond acceptors (Lipinski definition) is 2. The number of carbonyl (C=O) groups is 1. The molecule has 0 saturated carbocycles. The number of nitrogens with zero attached hydrogens (tertiary/aromatic N) is 1. The molecule has 2 nitrogen and oxygen atoms in total. The molecule has 104 valence electrons. The largest absolute Gasteiger partial charge is 0.298 e. The molecule has 0 fully saturated rings. The Balaban J connectivity index is 2.09. The van der Waals surface area contributed by atoms with Gasteiger partial charge in [0.05, 0.1) is 11.2 Å². The lowest BCUT2D eigenvalue weighted by Crippen LogP contribution is -1.94. The van der Waals surface area contributed by atoms with Crippen molar-refractivity contribution in [3.05, 3.63) is 78.4 Å². The molecule has 3 aromatic carbocycles. The van der Waals surface area contributed by atoms with Crippen LogP contribution in [0.25, 0.3) is 32.9 Å². The molecule has 0 unspecified atom stereocenters. The van der Waals surface area contributed by atoms with Crippen LogP contribution in [0.5, 0.6) is 0 Å². The van der Waals surface area contributed by atoms with E-state index in [4.69, 9.17) is 4.98 Å². The number of carbonyl (C=O) groups excluding carboxylic acids is 1. The van der Waals surface area contributed by atoms with Gasteiger partial charge in [0, 0.05) is 16.5 Å². The number of rotatable bonds is 2. The van der Waals surface area contributed by atoms with E-state index in [1.807, 2.05) is 54.6 Å². The van der Waals surface area contributed by atoms with Gasteiger partial charge in [-0.1, -0.05) is 60.7 Å². The lowest BCUT2D eigenvalue weighted by molar-refractivity contribution is 0.112. The van der Waals surface area contributed by atoms with Crippen molar-refractivity contribution in [2.24, 2.45) is 0 Å².